The van der Waals surface area contributed by atoms with Crippen LogP contribution in [0.5, 0.6) is 0 Å². The molecule has 3 rings (SSSR count). The zero-order valence-corrected chi connectivity index (χ0v) is 12.5. The number of nitrogens with zero attached hydrogens (tertiary/aromatic N) is 1. The van der Waals surface area contributed by atoms with Gasteiger partial charge in [-0.3, -0.25) is 4.90 Å². The predicted octanol–water partition coefficient (Wildman–Crippen LogP) is 4.03. The number of aryl methyl sites for hydroxylation is 2. The van der Waals surface area contributed by atoms with Crippen molar-refractivity contribution in [2.24, 2.45) is 0 Å². The molecule has 0 aromatic heterocycles. The molecule has 1 aromatic rings. The van der Waals surface area contributed by atoms with Gasteiger partial charge in [0.1, 0.15) is 0 Å². The standard InChI is InChI=1S/C17H26N2/c1-12-7-8-13(2)17-16(12)15(11-14(3)18-17)19-9-5-4-6-10-19/h7-8,14-15,18H,4-6,9-11H2,1-3H3. The third-order valence-corrected chi connectivity index (χ3v) is 4.80. The summed E-state index contributed by atoms with van der Waals surface area (Å²) in [6, 6.07) is 5.77. The van der Waals surface area contributed by atoms with E-state index in [-0.39, 0.29) is 0 Å². The van der Waals surface area contributed by atoms with Gasteiger partial charge in [0, 0.05) is 17.8 Å². The van der Waals surface area contributed by atoms with Gasteiger partial charge in [0.25, 0.3) is 0 Å². The molecule has 2 unspecified atom stereocenters. The highest BCUT2D eigenvalue weighted by atomic mass is 15.2. The lowest BCUT2D eigenvalue weighted by molar-refractivity contribution is 0.149. The zero-order chi connectivity index (χ0) is 13.4. The molecule has 1 aromatic carbocycles. The van der Waals surface area contributed by atoms with Crippen molar-refractivity contribution in [3.8, 4) is 0 Å². The first-order valence-electron chi connectivity index (χ1n) is 7.77. The van der Waals surface area contributed by atoms with Crippen LogP contribution in [-0.2, 0) is 0 Å². The lowest BCUT2D eigenvalue weighted by Gasteiger charge is -2.42. The Bertz CT molecular complexity index is 461. The number of hydrogen-bond donors (Lipinski definition) is 1. The first kappa shape index (κ1) is 13.0. The maximum atomic E-state index is 3.71. The first-order chi connectivity index (χ1) is 9.16. The summed E-state index contributed by atoms with van der Waals surface area (Å²) in [5, 5.41) is 3.71. The summed E-state index contributed by atoms with van der Waals surface area (Å²) in [5.41, 5.74) is 5.83. The van der Waals surface area contributed by atoms with E-state index in [1.807, 2.05) is 0 Å². The van der Waals surface area contributed by atoms with Gasteiger partial charge >= 0.3 is 0 Å². The highest BCUT2D eigenvalue weighted by Crippen LogP contribution is 2.41. The van der Waals surface area contributed by atoms with E-state index in [0.717, 1.165) is 0 Å². The van der Waals surface area contributed by atoms with Crippen LogP contribution in [0.4, 0.5) is 5.69 Å². The van der Waals surface area contributed by atoms with E-state index in [1.165, 1.54) is 55.6 Å². The Morgan fingerprint density at radius 3 is 2.47 bits per heavy atom. The highest BCUT2D eigenvalue weighted by Gasteiger charge is 2.31. The molecule has 0 amide bonds. The van der Waals surface area contributed by atoms with Gasteiger partial charge in [-0.25, -0.2) is 0 Å². The molecule has 2 atom stereocenters. The van der Waals surface area contributed by atoms with Gasteiger partial charge in [0.15, 0.2) is 0 Å². The van der Waals surface area contributed by atoms with Gasteiger partial charge in [0.2, 0.25) is 0 Å². The van der Waals surface area contributed by atoms with Crippen molar-refractivity contribution in [2.45, 2.75) is 58.5 Å². The summed E-state index contributed by atoms with van der Waals surface area (Å²) in [4.78, 5) is 2.73. The SMILES string of the molecule is Cc1ccc(C)c2c1NC(C)CC2N1CCCCC1. The maximum Gasteiger partial charge on any atom is 0.0423 e. The van der Waals surface area contributed by atoms with Crippen molar-refractivity contribution in [1.82, 2.24) is 4.90 Å². The smallest absolute Gasteiger partial charge is 0.0423 e. The zero-order valence-electron chi connectivity index (χ0n) is 12.5. The number of hydrogen-bond acceptors (Lipinski definition) is 2. The number of piperidine rings is 1. The van der Waals surface area contributed by atoms with Crippen molar-refractivity contribution in [2.75, 3.05) is 18.4 Å². The molecule has 19 heavy (non-hydrogen) atoms. The van der Waals surface area contributed by atoms with Crippen molar-refractivity contribution < 1.29 is 0 Å². The van der Waals surface area contributed by atoms with Gasteiger partial charge in [-0.2, -0.15) is 0 Å². The number of likely N-dealkylation sites (tertiary alicyclic amines) is 1. The van der Waals surface area contributed by atoms with Crippen LogP contribution in [0.15, 0.2) is 12.1 Å². The average Bonchev–Trinajstić information content (AvgIpc) is 2.43. The van der Waals surface area contributed by atoms with Gasteiger partial charge < -0.3 is 5.32 Å². The third-order valence-electron chi connectivity index (χ3n) is 4.80. The maximum absolute atomic E-state index is 3.71. The van der Waals surface area contributed by atoms with E-state index in [9.17, 15) is 0 Å². The molecule has 1 fully saturated rings. The first-order valence-corrected chi connectivity index (χ1v) is 7.77. The van der Waals surface area contributed by atoms with E-state index < -0.39 is 0 Å². The van der Waals surface area contributed by atoms with Crippen molar-refractivity contribution in [3.63, 3.8) is 0 Å². The Morgan fingerprint density at radius 2 is 1.74 bits per heavy atom. The normalized spacial score (nSPS) is 27.7. The summed E-state index contributed by atoms with van der Waals surface area (Å²) < 4.78 is 0. The van der Waals surface area contributed by atoms with E-state index in [2.05, 4.69) is 43.1 Å². The van der Waals surface area contributed by atoms with Gasteiger partial charge in [-0.1, -0.05) is 18.6 Å². The quantitative estimate of drug-likeness (QED) is 0.818. The summed E-state index contributed by atoms with van der Waals surface area (Å²) in [5.74, 6) is 0. The largest absolute Gasteiger partial charge is 0.382 e. The van der Waals surface area contributed by atoms with E-state index in [4.69, 9.17) is 0 Å². The van der Waals surface area contributed by atoms with Crippen LogP contribution >= 0.6 is 0 Å². The Morgan fingerprint density at radius 1 is 1.05 bits per heavy atom. The minimum absolute atomic E-state index is 0.583. The summed E-state index contributed by atoms with van der Waals surface area (Å²) in [6.07, 6.45) is 5.41. The molecule has 2 nitrogen and oxygen atoms in total. The summed E-state index contributed by atoms with van der Waals surface area (Å²) >= 11 is 0. The lowest BCUT2D eigenvalue weighted by atomic mass is 9.86. The molecule has 0 aliphatic carbocycles. The number of rotatable bonds is 1. The van der Waals surface area contributed by atoms with Gasteiger partial charge in [0.05, 0.1) is 0 Å². The Balaban J connectivity index is 2.00. The van der Waals surface area contributed by atoms with Gasteiger partial charge in [-0.05, 0) is 69.8 Å². The van der Waals surface area contributed by atoms with Crippen molar-refractivity contribution in [3.05, 3.63) is 28.8 Å². The van der Waals surface area contributed by atoms with Crippen molar-refractivity contribution >= 4 is 5.69 Å². The van der Waals surface area contributed by atoms with Crippen LogP contribution < -0.4 is 5.32 Å². The highest BCUT2D eigenvalue weighted by molar-refractivity contribution is 5.63. The van der Waals surface area contributed by atoms with Crippen LogP contribution in [0, 0.1) is 13.8 Å². The molecule has 1 N–H and O–H groups in total. The summed E-state index contributed by atoms with van der Waals surface area (Å²) in [6.45, 7) is 9.39. The lowest BCUT2D eigenvalue weighted by Crippen LogP contribution is -2.39. The average molecular weight is 258 g/mol. The van der Waals surface area contributed by atoms with Gasteiger partial charge in [-0.15, -0.1) is 0 Å². The molecule has 0 spiro atoms. The second kappa shape index (κ2) is 5.16. The van der Waals surface area contributed by atoms with E-state index in [1.54, 1.807) is 5.56 Å². The third kappa shape index (κ3) is 2.38. The topological polar surface area (TPSA) is 15.3 Å². The number of anilines is 1. The monoisotopic (exact) mass is 258 g/mol. The molecule has 2 heterocycles. The minimum atomic E-state index is 0.583. The molecule has 0 bridgehead atoms. The second-order valence-electron chi connectivity index (χ2n) is 6.38. The van der Waals surface area contributed by atoms with Crippen LogP contribution in [0.2, 0.25) is 0 Å². The molecule has 2 heteroatoms. The Hall–Kier alpha value is -1.02. The molecule has 1 saturated heterocycles. The Labute approximate surface area is 117 Å². The molecule has 0 radical (unpaired) electrons. The Kier molecular flexibility index (Phi) is 3.53. The van der Waals surface area contributed by atoms with E-state index >= 15 is 0 Å². The fourth-order valence-electron chi connectivity index (χ4n) is 3.77. The van der Waals surface area contributed by atoms with Crippen LogP contribution in [-0.4, -0.2) is 24.0 Å². The number of nitrogens with one attached hydrogen (secondary N) is 1. The number of fused-ring (bicyclic) bond motifs is 1. The molecular weight excluding hydrogens is 232 g/mol. The molecule has 104 valence electrons. The summed E-state index contributed by atoms with van der Waals surface area (Å²) in [7, 11) is 0. The van der Waals surface area contributed by atoms with E-state index in [0.29, 0.717) is 12.1 Å². The fourth-order valence-corrected chi connectivity index (χ4v) is 3.77. The molecule has 2 aliphatic rings. The molecule has 2 aliphatic heterocycles. The fraction of sp³-hybridized carbons (Fsp3) is 0.647. The van der Waals surface area contributed by atoms with Crippen LogP contribution in [0.3, 0.4) is 0 Å². The second-order valence-corrected chi connectivity index (χ2v) is 6.38. The predicted molar refractivity (Wildman–Crippen MR) is 81.8 cm³/mol. The molecule has 0 saturated carbocycles. The van der Waals surface area contributed by atoms with Crippen LogP contribution in [0.25, 0.3) is 0 Å². The molecular formula is C17H26N2. The van der Waals surface area contributed by atoms with Crippen molar-refractivity contribution in [1.29, 1.82) is 0 Å². The minimum Gasteiger partial charge on any atom is -0.382 e. The van der Waals surface area contributed by atoms with Crippen LogP contribution in [0.1, 0.15) is 55.3 Å². The number of benzene rings is 1.